The summed E-state index contributed by atoms with van der Waals surface area (Å²) in [4.78, 5) is 2.29. The monoisotopic (exact) mass is 577 g/mol. The van der Waals surface area contributed by atoms with E-state index in [1.165, 1.54) is 45.4 Å². The average molecular weight is 578 g/mol. The van der Waals surface area contributed by atoms with Gasteiger partial charge in [-0.3, -0.25) is 0 Å². The number of benzene rings is 4. The Hall–Kier alpha value is -3.23. The molecule has 0 fully saturated rings. The SMILES string of the molecule is Cc1cc2c(cc1N(c1cc(O)cc(Cl)c1)c1ccc3c(c1)C(C)(C)c1ccccc1C3(C)C)C(C)(C)CCC2(C)C. The highest BCUT2D eigenvalue weighted by molar-refractivity contribution is 6.31. The van der Waals surface area contributed by atoms with Crippen molar-refractivity contribution in [1.29, 1.82) is 0 Å². The minimum absolute atomic E-state index is 0.0705. The third-order valence-corrected chi connectivity index (χ3v) is 10.6. The number of fused-ring (bicyclic) bond motifs is 3. The molecular formula is C39H44ClNO. The average Bonchev–Trinajstić information content (AvgIpc) is 2.91. The molecule has 0 heterocycles. The normalized spacial score (nSPS) is 18.9. The van der Waals surface area contributed by atoms with Crippen LogP contribution in [0.15, 0.2) is 72.8 Å². The summed E-state index contributed by atoms with van der Waals surface area (Å²) in [6.45, 7) is 21.1. The molecule has 42 heavy (non-hydrogen) atoms. The zero-order valence-corrected chi connectivity index (χ0v) is 27.4. The number of phenols is 1. The first-order chi connectivity index (χ1) is 19.5. The maximum absolute atomic E-state index is 10.7. The molecule has 2 aliphatic carbocycles. The Balaban J connectivity index is 1.63. The molecule has 0 aromatic heterocycles. The van der Waals surface area contributed by atoms with Gasteiger partial charge in [-0.2, -0.15) is 0 Å². The van der Waals surface area contributed by atoms with Gasteiger partial charge in [-0.05, 0) is 99.9 Å². The fraction of sp³-hybridized carbons (Fsp3) is 0.385. The lowest BCUT2D eigenvalue weighted by atomic mass is 9.60. The fourth-order valence-electron chi connectivity index (χ4n) is 7.66. The molecule has 218 valence electrons. The number of hydrogen-bond acceptors (Lipinski definition) is 2. The van der Waals surface area contributed by atoms with Gasteiger partial charge in [-0.25, -0.2) is 0 Å². The van der Waals surface area contributed by atoms with Crippen LogP contribution >= 0.6 is 11.6 Å². The standard InChI is InChI=1S/C39H44ClNO/c1-24-18-32-33(37(4,5)17-16-36(32,2)3)23-35(24)41(27-19-25(40)20-28(42)21-27)26-14-15-31-34(22-26)39(8,9)30-13-11-10-12-29(30)38(31,6)7/h10-15,18-23,42H,16-17H2,1-9H3. The predicted molar refractivity (Wildman–Crippen MR) is 179 cm³/mol. The van der Waals surface area contributed by atoms with Crippen molar-refractivity contribution in [3.8, 4) is 5.75 Å². The molecule has 3 heteroatoms. The summed E-state index contributed by atoms with van der Waals surface area (Å²) in [5, 5.41) is 11.2. The third kappa shape index (κ3) is 4.37. The van der Waals surface area contributed by atoms with Crippen molar-refractivity contribution in [2.24, 2.45) is 0 Å². The van der Waals surface area contributed by atoms with Crippen molar-refractivity contribution < 1.29 is 5.11 Å². The molecule has 4 aromatic carbocycles. The minimum Gasteiger partial charge on any atom is -0.508 e. The zero-order chi connectivity index (χ0) is 30.4. The van der Waals surface area contributed by atoms with Crippen LogP contribution in [0, 0.1) is 6.92 Å². The summed E-state index contributed by atoms with van der Waals surface area (Å²) >= 11 is 6.57. The van der Waals surface area contributed by atoms with E-state index >= 15 is 0 Å². The first kappa shape index (κ1) is 28.9. The van der Waals surface area contributed by atoms with Gasteiger partial charge >= 0.3 is 0 Å². The molecule has 6 rings (SSSR count). The maximum Gasteiger partial charge on any atom is 0.119 e. The van der Waals surface area contributed by atoms with Gasteiger partial charge in [0, 0.05) is 33.3 Å². The molecule has 0 saturated heterocycles. The number of phenolic OH excluding ortho intramolecular Hbond substituents is 1. The van der Waals surface area contributed by atoms with Gasteiger partial charge in [-0.1, -0.05) is 103 Å². The quantitative estimate of drug-likeness (QED) is 0.262. The van der Waals surface area contributed by atoms with Crippen LogP contribution in [0.1, 0.15) is 107 Å². The highest BCUT2D eigenvalue weighted by Gasteiger charge is 2.42. The number of aromatic hydroxyl groups is 1. The zero-order valence-electron chi connectivity index (χ0n) is 26.6. The first-order valence-electron chi connectivity index (χ1n) is 15.2. The van der Waals surface area contributed by atoms with Crippen LogP contribution in [-0.4, -0.2) is 5.11 Å². The van der Waals surface area contributed by atoms with E-state index in [2.05, 4.69) is 122 Å². The van der Waals surface area contributed by atoms with Crippen molar-refractivity contribution in [1.82, 2.24) is 0 Å². The summed E-state index contributed by atoms with van der Waals surface area (Å²) in [6, 6.07) is 26.0. The summed E-state index contributed by atoms with van der Waals surface area (Å²) in [5.74, 6) is 0.160. The van der Waals surface area contributed by atoms with Crippen LogP contribution in [0.3, 0.4) is 0 Å². The Morgan fingerprint density at radius 1 is 0.595 bits per heavy atom. The number of aryl methyl sites for hydroxylation is 1. The number of nitrogens with zero attached hydrogens (tertiary/aromatic N) is 1. The van der Waals surface area contributed by atoms with Crippen LogP contribution in [0.2, 0.25) is 5.02 Å². The highest BCUT2D eigenvalue weighted by atomic mass is 35.5. The van der Waals surface area contributed by atoms with Crippen molar-refractivity contribution in [3.05, 3.63) is 117 Å². The van der Waals surface area contributed by atoms with Gasteiger partial charge in [0.15, 0.2) is 0 Å². The van der Waals surface area contributed by atoms with Crippen molar-refractivity contribution in [3.63, 3.8) is 0 Å². The summed E-state index contributed by atoms with van der Waals surface area (Å²) in [6.07, 6.45) is 2.32. The van der Waals surface area contributed by atoms with Crippen LogP contribution in [-0.2, 0) is 21.7 Å². The van der Waals surface area contributed by atoms with E-state index in [4.69, 9.17) is 11.6 Å². The molecule has 0 saturated carbocycles. The number of halogens is 1. The fourth-order valence-corrected chi connectivity index (χ4v) is 7.89. The predicted octanol–water partition coefficient (Wildman–Crippen LogP) is 11.1. The van der Waals surface area contributed by atoms with E-state index in [1.54, 1.807) is 6.07 Å². The minimum atomic E-state index is -0.170. The van der Waals surface area contributed by atoms with Gasteiger partial charge in [0.2, 0.25) is 0 Å². The molecular weight excluding hydrogens is 534 g/mol. The molecule has 0 spiro atoms. The van der Waals surface area contributed by atoms with E-state index in [9.17, 15) is 5.11 Å². The Labute approximate surface area is 257 Å². The molecule has 1 N–H and O–H groups in total. The second-order valence-electron chi connectivity index (χ2n) is 15.0. The largest absolute Gasteiger partial charge is 0.508 e. The van der Waals surface area contributed by atoms with Crippen molar-refractivity contribution >= 4 is 28.7 Å². The lowest BCUT2D eigenvalue weighted by Crippen LogP contribution is -2.36. The van der Waals surface area contributed by atoms with Crippen molar-refractivity contribution in [2.45, 2.75) is 96.8 Å². The molecule has 0 atom stereocenters. The van der Waals surface area contributed by atoms with Gasteiger partial charge in [0.1, 0.15) is 5.75 Å². The van der Waals surface area contributed by atoms with Gasteiger partial charge in [0.05, 0.1) is 5.69 Å². The van der Waals surface area contributed by atoms with Crippen LogP contribution in [0.5, 0.6) is 5.75 Å². The smallest absolute Gasteiger partial charge is 0.119 e. The van der Waals surface area contributed by atoms with E-state index in [-0.39, 0.29) is 27.4 Å². The lowest BCUT2D eigenvalue weighted by Gasteiger charge is -2.45. The highest BCUT2D eigenvalue weighted by Crippen LogP contribution is 2.53. The van der Waals surface area contributed by atoms with E-state index in [0.717, 1.165) is 23.5 Å². The number of hydrogen-bond donors (Lipinski definition) is 1. The third-order valence-electron chi connectivity index (χ3n) is 10.4. The van der Waals surface area contributed by atoms with Crippen molar-refractivity contribution in [2.75, 3.05) is 4.90 Å². The molecule has 0 aliphatic heterocycles. The van der Waals surface area contributed by atoms with Gasteiger partial charge in [-0.15, -0.1) is 0 Å². The second kappa shape index (κ2) is 9.38. The molecule has 0 radical (unpaired) electrons. The molecule has 0 unspecified atom stereocenters. The second-order valence-corrected chi connectivity index (χ2v) is 15.4. The summed E-state index contributed by atoms with van der Waals surface area (Å²) < 4.78 is 0. The van der Waals surface area contributed by atoms with Crippen LogP contribution < -0.4 is 4.90 Å². The van der Waals surface area contributed by atoms with E-state index in [1.807, 2.05) is 12.1 Å². The Morgan fingerprint density at radius 2 is 1.14 bits per heavy atom. The topological polar surface area (TPSA) is 23.5 Å². The Morgan fingerprint density at radius 3 is 1.74 bits per heavy atom. The Kier molecular flexibility index (Phi) is 6.45. The van der Waals surface area contributed by atoms with Crippen LogP contribution in [0.25, 0.3) is 0 Å². The molecule has 4 aromatic rings. The van der Waals surface area contributed by atoms with E-state index in [0.29, 0.717) is 5.02 Å². The van der Waals surface area contributed by atoms with Crippen LogP contribution in [0.4, 0.5) is 17.1 Å². The first-order valence-corrected chi connectivity index (χ1v) is 15.6. The molecule has 0 amide bonds. The lowest BCUT2D eigenvalue weighted by molar-refractivity contribution is 0.332. The number of anilines is 3. The molecule has 2 aliphatic rings. The summed E-state index contributed by atoms with van der Waals surface area (Å²) in [5.41, 5.74) is 12.5. The maximum atomic E-state index is 10.7. The Bertz CT molecular complexity index is 1700. The number of rotatable bonds is 3. The molecule has 2 nitrogen and oxygen atoms in total. The summed E-state index contributed by atoms with van der Waals surface area (Å²) in [7, 11) is 0. The van der Waals surface area contributed by atoms with E-state index < -0.39 is 0 Å². The molecule has 0 bridgehead atoms. The van der Waals surface area contributed by atoms with Gasteiger partial charge < -0.3 is 10.0 Å². The van der Waals surface area contributed by atoms with Gasteiger partial charge in [0.25, 0.3) is 0 Å².